The summed E-state index contributed by atoms with van der Waals surface area (Å²) >= 11 is 3.12. The fraction of sp³-hybridized carbons (Fsp3) is 0.167. The lowest BCUT2D eigenvalue weighted by molar-refractivity contribution is -0.137. The maximum atomic E-state index is 13.7. The van der Waals surface area contributed by atoms with Crippen LogP contribution in [0.15, 0.2) is 51.4 Å². The van der Waals surface area contributed by atoms with Crippen molar-refractivity contribution in [3.63, 3.8) is 0 Å². The van der Waals surface area contributed by atoms with Crippen molar-refractivity contribution in [2.45, 2.75) is 19.0 Å². The normalized spacial score (nSPS) is 11.5. The molecule has 0 aliphatic carbocycles. The highest BCUT2D eigenvalue weighted by Crippen LogP contribution is 2.31. The van der Waals surface area contributed by atoms with E-state index in [0.29, 0.717) is 4.47 Å². The fourth-order valence-corrected chi connectivity index (χ4v) is 2.66. The molecule has 0 saturated heterocycles. The molecular weight excluding hydrogens is 446 g/mol. The van der Waals surface area contributed by atoms with Crippen LogP contribution in [0.2, 0.25) is 0 Å². The highest BCUT2D eigenvalue weighted by Gasteiger charge is 2.30. The molecule has 1 amide bonds. The maximum Gasteiger partial charge on any atom is 0.416 e. The number of aryl methyl sites for hydroxylation is 1. The van der Waals surface area contributed by atoms with Crippen LogP contribution in [0.1, 0.15) is 17.9 Å². The second-order valence-electron chi connectivity index (χ2n) is 5.75. The van der Waals surface area contributed by atoms with Gasteiger partial charge in [0.05, 0.1) is 11.3 Å². The molecular formula is C18H12BrF4N3O2. The largest absolute Gasteiger partial charge is 0.421 e. The van der Waals surface area contributed by atoms with Crippen molar-refractivity contribution in [3.8, 4) is 11.5 Å². The summed E-state index contributed by atoms with van der Waals surface area (Å²) in [5.74, 6) is -1.06. The highest BCUT2D eigenvalue weighted by atomic mass is 79.9. The van der Waals surface area contributed by atoms with E-state index < -0.39 is 23.5 Å². The Morgan fingerprint density at radius 3 is 2.64 bits per heavy atom. The first kappa shape index (κ1) is 20.0. The van der Waals surface area contributed by atoms with Crippen LogP contribution >= 0.6 is 15.9 Å². The molecule has 0 atom stereocenters. The summed E-state index contributed by atoms with van der Waals surface area (Å²) in [5, 5.41) is 9.87. The molecule has 0 bridgehead atoms. The van der Waals surface area contributed by atoms with Crippen molar-refractivity contribution in [1.82, 2.24) is 10.2 Å². The zero-order valence-electron chi connectivity index (χ0n) is 14.1. The van der Waals surface area contributed by atoms with Gasteiger partial charge in [0, 0.05) is 22.9 Å². The summed E-state index contributed by atoms with van der Waals surface area (Å²) in [6.07, 6.45) is -4.51. The molecule has 0 aliphatic heterocycles. The number of anilines is 1. The first-order valence-corrected chi connectivity index (χ1v) is 8.76. The minimum Gasteiger partial charge on any atom is -0.421 e. The Morgan fingerprint density at radius 1 is 1.14 bits per heavy atom. The average molecular weight is 458 g/mol. The zero-order valence-corrected chi connectivity index (χ0v) is 15.6. The molecule has 0 saturated carbocycles. The predicted octanol–water partition coefficient (Wildman–Crippen LogP) is 5.23. The molecule has 10 heteroatoms. The Morgan fingerprint density at radius 2 is 1.93 bits per heavy atom. The number of amides is 1. The van der Waals surface area contributed by atoms with Gasteiger partial charge in [0.2, 0.25) is 17.7 Å². The number of halogens is 5. The van der Waals surface area contributed by atoms with Crippen molar-refractivity contribution in [1.29, 1.82) is 0 Å². The number of benzene rings is 2. The van der Waals surface area contributed by atoms with Gasteiger partial charge in [-0.05, 0) is 36.4 Å². The summed E-state index contributed by atoms with van der Waals surface area (Å²) in [4.78, 5) is 12.0. The molecule has 3 rings (SSSR count). The van der Waals surface area contributed by atoms with E-state index in [1.165, 1.54) is 24.3 Å². The van der Waals surface area contributed by atoms with Gasteiger partial charge in [-0.1, -0.05) is 22.0 Å². The van der Waals surface area contributed by atoms with Crippen LogP contribution in [0.25, 0.3) is 11.5 Å². The molecule has 146 valence electrons. The van der Waals surface area contributed by atoms with Crippen molar-refractivity contribution in [3.05, 3.63) is 64.2 Å². The molecule has 0 unspecified atom stereocenters. The minimum absolute atomic E-state index is 0.0309. The van der Waals surface area contributed by atoms with Crippen LogP contribution < -0.4 is 5.32 Å². The van der Waals surface area contributed by atoms with Crippen molar-refractivity contribution in [2.24, 2.45) is 0 Å². The lowest BCUT2D eigenvalue weighted by atomic mass is 10.1. The minimum atomic E-state index is -4.49. The summed E-state index contributed by atoms with van der Waals surface area (Å²) in [5.41, 5.74) is -0.681. The molecule has 0 spiro atoms. The number of alkyl halides is 3. The van der Waals surface area contributed by atoms with Crippen LogP contribution in [0.3, 0.4) is 0 Å². The van der Waals surface area contributed by atoms with Crippen LogP contribution in [-0.4, -0.2) is 16.1 Å². The summed E-state index contributed by atoms with van der Waals surface area (Å²) in [6.45, 7) is 0. The van der Waals surface area contributed by atoms with E-state index in [4.69, 9.17) is 4.42 Å². The van der Waals surface area contributed by atoms with E-state index in [-0.39, 0.29) is 35.9 Å². The smallest absolute Gasteiger partial charge is 0.416 e. The molecule has 28 heavy (non-hydrogen) atoms. The zero-order chi connectivity index (χ0) is 20.3. The van der Waals surface area contributed by atoms with Crippen molar-refractivity contribution >= 4 is 27.5 Å². The third-order valence-corrected chi connectivity index (χ3v) is 4.17. The number of carbonyl (C=O) groups excluding carboxylic acids is 1. The molecule has 3 aromatic rings. The van der Waals surface area contributed by atoms with Gasteiger partial charge < -0.3 is 9.73 Å². The summed E-state index contributed by atoms with van der Waals surface area (Å²) < 4.78 is 57.9. The first-order chi connectivity index (χ1) is 13.2. The van der Waals surface area contributed by atoms with Gasteiger partial charge in [-0.15, -0.1) is 10.2 Å². The van der Waals surface area contributed by atoms with Gasteiger partial charge >= 0.3 is 6.18 Å². The van der Waals surface area contributed by atoms with Gasteiger partial charge in [-0.25, -0.2) is 4.39 Å². The van der Waals surface area contributed by atoms with Crippen LogP contribution in [-0.2, 0) is 17.4 Å². The number of hydrogen-bond donors (Lipinski definition) is 1. The van der Waals surface area contributed by atoms with Gasteiger partial charge in [-0.2, -0.15) is 13.2 Å². The van der Waals surface area contributed by atoms with E-state index in [9.17, 15) is 22.4 Å². The second-order valence-corrected chi connectivity index (χ2v) is 6.67. The monoisotopic (exact) mass is 457 g/mol. The molecule has 1 heterocycles. The fourth-order valence-electron chi connectivity index (χ4n) is 2.32. The Kier molecular flexibility index (Phi) is 5.78. The van der Waals surface area contributed by atoms with Crippen molar-refractivity contribution in [2.75, 3.05) is 5.32 Å². The van der Waals surface area contributed by atoms with Crippen molar-refractivity contribution < 1.29 is 26.8 Å². The SMILES string of the molecule is O=C(CCc1nnc(-c2cccc(C(F)(F)F)c2)o1)Nc1ccc(Br)cc1F. The molecule has 2 aromatic carbocycles. The third-order valence-electron chi connectivity index (χ3n) is 3.67. The standard InChI is InChI=1S/C18H12BrF4N3O2/c19-12-4-5-14(13(20)9-12)24-15(27)6-7-16-25-26-17(28-16)10-2-1-3-11(8-10)18(21,22)23/h1-5,8-9H,6-7H2,(H,24,27). The van der Waals surface area contributed by atoms with E-state index in [2.05, 4.69) is 31.4 Å². The number of hydrogen-bond acceptors (Lipinski definition) is 4. The Labute approximate surface area is 164 Å². The highest BCUT2D eigenvalue weighted by molar-refractivity contribution is 9.10. The van der Waals surface area contributed by atoms with Gasteiger partial charge in [0.15, 0.2) is 0 Å². The average Bonchev–Trinajstić information content (AvgIpc) is 3.11. The summed E-state index contributed by atoms with van der Waals surface area (Å²) in [6, 6.07) is 8.70. The molecule has 5 nitrogen and oxygen atoms in total. The Balaban J connectivity index is 1.63. The molecule has 0 aliphatic rings. The maximum absolute atomic E-state index is 13.7. The summed E-state index contributed by atoms with van der Waals surface area (Å²) in [7, 11) is 0. The molecule has 1 aromatic heterocycles. The van der Waals surface area contributed by atoms with Crippen LogP contribution in [0, 0.1) is 5.82 Å². The van der Waals surface area contributed by atoms with E-state index in [0.717, 1.165) is 12.1 Å². The molecule has 1 N–H and O–H groups in total. The topological polar surface area (TPSA) is 68.0 Å². The number of aromatic nitrogens is 2. The molecule has 0 fully saturated rings. The lowest BCUT2D eigenvalue weighted by Gasteiger charge is -2.06. The first-order valence-electron chi connectivity index (χ1n) is 7.97. The van der Waals surface area contributed by atoms with E-state index in [1.54, 1.807) is 6.07 Å². The number of carbonyl (C=O) groups is 1. The quantitative estimate of drug-likeness (QED) is 0.532. The van der Waals surface area contributed by atoms with Gasteiger partial charge in [0.1, 0.15) is 5.82 Å². The number of nitrogens with zero attached hydrogens (tertiary/aromatic N) is 2. The third kappa shape index (κ3) is 4.94. The van der Waals surface area contributed by atoms with Gasteiger partial charge in [0.25, 0.3) is 0 Å². The van der Waals surface area contributed by atoms with Crippen LogP contribution in [0.5, 0.6) is 0 Å². The Hall–Kier alpha value is -2.75. The van der Waals surface area contributed by atoms with E-state index >= 15 is 0 Å². The van der Waals surface area contributed by atoms with Gasteiger partial charge in [-0.3, -0.25) is 4.79 Å². The Bertz CT molecular complexity index is 1000. The lowest BCUT2D eigenvalue weighted by Crippen LogP contribution is -2.13. The molecule has 0 radical (unpaired) electrons. The number of nitrogens with one attached hydrogen (secondary N) is 1. The number of rotatable bonds is 5. The van der Waals surface area contributed by atoms with E-state index in [1.807, 2.05) is 0 Å². The second kappa shape index (κ2) is 8.09. The predicted molar refractivity (Wildman–Crippen MR) is 95.8 cm³/mol. The van der Waals surface area contributed by atoms with Crippen LogP contribution in [0.4, 0.5) is 23.2 Å².